The molecule has 68 valence electrons. The van der Waals surface area contributed by atoms with Gasteiger partial charge in [0.2, 0.25) is 11.6 Å². The minimum atomic E-state index is -0.153. The van der Waals surface area contributed by atoms with Gasteiger partial charge in [-0.2, -0.15) is 0 Å². The van der Waals surface area contributed by atoms with Crippen molar-refractivity contribution in [2.24, 2.45) is 17.8 Å². The molecule has 1 fully saturated rings. The van der Waals surface area contributed by atoms with E-state index in [-0.39, 0.29) is 23.4 Å². The highest BCUT2D eigenvalue weighted by Crippen LogP contribution is 2.27. The molecule has 1 saturated carbocycles. The lowest BCUT2D eigenvalue weighted by Crippen LogP contribution is -2.36. The van der Waals surface area contributed by atoms with Gasteiger partial charge in [-0.1, -0.05) is 20.8 Å². The van der Waals surface area contributed by atoms with Crippen LogP contribution in [-0.2, 0) is 9.59 Å². The first-order chi connectivity index (χ1) is 5.54. The van der Waals surface area contributed by atoms with E-state index < -0.39 is 0 Å². The Morgan fingerprint density at radius 1 is 1.17 bits per heavy atom. The van der Waals surface area contributed by atoms with Gasteiger partial charge in [0.1, 0.15) is 0 Å². The quantitative estimate of drug-likeness (QED) is 0.560. The summed E-state index contributed by atoms with van der Waals surface area (Å²) in [6, 6.07) is 0. The van der Waals surface area contributed by atoms with Gasteiger partial charge < -0.3 is 0 Å². The Hall–Kier alpha value is -0.660. The molecule has 0 spiro atoms. The summed E-state index contributed by atoms with van der Waals surface area (Å²) in [5, 5.41) is 0. The first kappa shape index (κ1) is 9.43. The van der Waals surface area contributed by atoms with Crippen molar-refractivity contribution in [1.29, 1.82) is 0 Å². The Balaban J connectivity index is 2.72. The van der Waals surface area contributed by atoms with Crippen molar-refractivity contribution < 1.29 is 9.59 Å². The fourth-order valence-electron chi connectivity index (χ4n) is 1.75. The molecule has 1 rings (SSSR count). The zero-order valence-corrected chi connectivity index (χ0v) is 7.96. The van der Waals surface area contributed by atoms with Crippen molar-refractivity contribution in [3.8, 4) is 0 Å². The third-order valence-corrected chi connectivity index (χ3v) is 2.74. The summed E-state index contributed by atoms with van der Waals surface area (Å²) < 4.78 is 0. The van der Waals surface area contributed by atoms with Gasteiger partial charge in [-0.05, 0) is 18.8 Å². The second-order valence-electron chi connectivity index (χ2n) is 4.06. The van der Waals surface area contributed by atoms with Crippen molar-refractivity contribution in [3.05, 3.63) is 0 Å². The number of hydrogen-bond donors (Lipinski definition) is 0. The first-order valence-electron chi connectivity index (χ1n) is 4.62. The van der Waals surface area contributed by atoms with Crippen LogP contribution in [0.15, 0.2) is 0 Å². The maximum atomic E-state index is 11.4. The van der Waals surface area contributed by atoms with Crippen LogP contribution >= 0.6 is 0 Å². The fourth-order valence-corrected chi connectivity index (χ4v) is 1.75. The average molecular weight is 168 g/mol. The van der Waals surface area contributed by atoms with Crippen LogP contribution in [0.25, 0.3) is 0 Å². The Morgan fingerprint density at radius 2 is 1.75 bits per heavy atom. The highest BCUT2D eigenvalue weighted by atomic mass is 16.2. The fraction of sp³-hybridized carbons (Fsp3) is 0.800. The van der Waals surface area contributed by atoms with Crippen LogP contribution in [0, 0.1) is 17.8 Å². The van der Waals surface area contributed by atoms with Gasteiger partial charge in [0.25, 0.3) is 0 Å². The third-order valence-electron chi connectivity index (χ3n) is 2.74. The van der Waals surface area contributed by atoms with Crippen LogP contribution in [0.1, 0.15) is 33.6 Å². The topological polar surface area (TPSA) is 34.1 Å². The number of ketones is 2. The van der Waals surface area contributed by atoms with E-state index in [0.717, 1.165) is 12.8 Å². The van der Waals surface area contributed by atoms with Crippen LogP contribution in [-0.4, -0.2) is 11.6 Å². The van der Waals surface area contributed by atoms with Crippen LogP contribution < -0.4 is 0 Å². The molecule has 1 aliphatic rings. The van der Waals surface area contributed by atoms with E-state index in [2.05, 4.69) is 0 Å². The molecule has 0 radical (unpaired) electrons. The zero-order valence-electron chi connectivity index (χ0n) is 7.96. The van der Waals surface area contributed by atoms with Crippen molar-refractivity contribution in [3.63, 3.8) is 0 Å². The van der Waals surface area contributed by atoms with E-state index in [1.54, 1.807) is 0 Å². The highest BCUT2D eigenvalue weighted by Gasteiger charge is 2.35. The Bertz CT molecular complexity index is 206. The minimum Gasteiger partial charge on any atom is -0.291 e. The molecule has 2 heteroatoms. The molecular weight excluding hydrogens is 152 g/mol. The first-order valence-corrected chi connectivity index (χ1v) is 4.62. The van der Waals surface area contributed by atoms with Gasteiger partial charge in [0.15, 0.2) is 0 Å². The lowest BCUT2D eigenvalue weighted by Gasteiger charge is -2.26. The van der Waals surface area contributed by atoms with Gasteiger partial charge >= 0.3 is 0 Å². The van der Waals surface area contributed by atoms with Crippen molar-refractivity contribution >= 4 is 11.6 Å². The lowest BCUT2D eigenvalue weighted by molar-refractivity contribution is -0.144. The Morgan fingerprint density at radius 3 is 2.25 bits per heavy atom. The monoisotopic (exact) mass is 168 g/mol. The molecule has 0 aliphatic heterocycles. The van der Waals surface area contributed by atoms with Crippen molar-refractivity contribution in [2.75, 3.05) is 0 Å². The molecule has 0 aromatic rings. The predicted octanol–water partition coefficient (Wildman–Crippen LogP) is 1.83. The van der Waals surface area contributed by atoms with Gasteiger partial charge in [-0.25, -0.2) is 0 Å². The number of Topliss-reactive ketones (excluding diaryl/α,β-unsaturated/α-hetero) is 2. The molecule has 0 amide bonds. The Labute approximate surface area is 73.3 Å². The summed E-state index contributed by atoms with van der Waals surface area (Å²) in [6.07, 6.45) is 1.77. The summed E-state index contributed by atoms with van der Waals surface area (Å²) in [4.78, 5) is 22.7. The molecule has 12 heavy (non-hydrogen) atoms. The van der Waals surface area contributed by atoms with E-state index in [4.69, 9.17) is 0 Å². The number of hydrogen-bond acceptors (Lipinski definition) is 2. The summed E-state index contributed by atoms with van der Waals surface area (Å²) >= 11 is 0. The van der Waals surface area contributed by atoms with E-state index in [0.29, 0.717) is 5.92 Å². The van der Waals surface area contributed by atoms with E-state index in [1.807, 2.05) is 20.8 Å². The number of rotatable bonds is 1. The van der Waals surface area contributed by atoms with E-state index in [1.165, 1.54) is 0 Å². The van der Waals surface area contributed by atoms with Crippen molar-refractivity contribution in [1.82, 2.24) is 0 Å². The lowest BCUT2D eigenvalue weighted by atomic mass is 9.76. The molecule has 0 aromatic heterocycles. The summed E-state index contributed by atoms with van der Waals surface area (Å²) in [7, 11) is 0. The molecule has 0 aromatic carbocycles. The smallest absolute Gasteiger partial charge is 0.201 e. The molecule has 2 atom stereocenters. The van der Waals surface area contributed by atoms with Crippen LogP contribution in [0.5, 0.6) is 0 Å². The molecule has 0 bridgehead atoms. The molecule has 1 aliphatic carbocycles. The molecule has 0 heterocycles. The van der Waals surface area contributed by atoms with Crippen molar-refractivity contribution in [2.45, 2.75) is 33.6 Å². The standard InChI is InChI=1S/C10H16O2/c1-6(2)8-5-4-7(3)9(11)10(8)12/h6-8H,4-5H2,1-3H3. The largest absolute Gasteiger partial charge is 0.291 e. The van der Waals surface area contributed by atoms with Gasteiger partial charge in [0.05, 0.1) is 0 Å². The SMILES string of the molecule is CC1CCC(C(C)C)C(=O)C1=O. The average Bonchev–Trinajstić information content (AvgIpc) is 2.00. The van der Waals surface area contributed by atoms with E-state index >= 15 is 0 Å². The summed E-state index contributed by atoms with van der Waals surface area (Å²) in [5.41, 5.74) is 0. The second-order valence-corrected chi connectivity index (χ2v) is 4.06. The third kappa shape index (κ3) is 1.57. The molecule has 0 saturated heterocycles. The summed E-state index contributed by atoms with van der Waals surface area (Å²) in [6.45, 7) is 5.86. The zero-order chi connectivity index (χ0) is 9.30. The van der Waals surface area contributed by atoms with Gasteiger partial charge in [-0.15, -0.1) is 0 Å². The Kier molecular flexibility index (Phi) is 2.65. The maximum absolute atomic E-state index is 11.4. The molecule has 0 N–H and O–H groups in total. The van der Waals surface area contributed by atoms with E-state index in [9.17, 15) is 9.59 Å². The van der Waals surface area contributed by atoms with Gasteiger partial charge in [0, 0.05) is 11.8 Å². The molecule has 2 unspecified atom stereocenters. The van der Waals surface area contributed by atoms with Crippen LogP contribution in [0.2, 0.25) is 0 Å². The highest BCUT2D eigenvalue weighted by molar-refractivity contribution is 6.39. The molecule has 2 nitrogen and oxygen atoms in total. The molecular formula is C10H16O2. The van der Waals surface area contributed by atoms with Crippen LogP contribution in [0.4, 0.5) is 0 Å². The second kappa shape index (κ2) is 3.38. The number of carbonyl (C=O) groups excluding carboxylic acids is 2. The van der Waals surface area contributed by atoms with Crippen LogP contribution in [0.3, 0.4) is 0 Å². The maximum Gasteiger partial charge on any atom is 0.201 e. The summed E-state index contributed by atoms with van der Waals surface area (Å²) in [5.74, 6) is -0.0150. The number of carbonyl (C=O) groups is 2. The minimum absolute atomic E-state index is 0.00583. The predicted molar refractivity (Wildman–Crippen MR) is 46.7 cm³/mol. The normalized spacial score (nSPS) is 31.3. The van der Waals surface area contributed by atoms with Gasteiger partial charge in [-0.3, -0.25) is 9.59 Å².